The number of nitrogens with one attached hydrogen (secondary N) is 1. The fraction of sp³-hybridized carbons (Fsp3) is 0.538. The molecule has 1 N–H and O–H groups in total. The highest BCUT2D eigenvalue weighted by Crippen LogP contribution is 2.27. The average Bonchev–Trinajstić information content (AvgIpc) is 2.23. The molecule has 1 unspecified atom stereocenters. The van der Waals surface area contributed by atoms with E-state index in [1.54, 1.807) is 0 Å². The summed E-state index contributed by atoms with van der Waals surface area (Å²) in [5.41, 5.74) is 2.87. The lowest BCUT2D eigenvalue weighted by molar-refractivity contribution is 0.159. The highest BCUT2D eigenvalue weighted by atomic mass is 35.5. The van der Waals surface area contributed by atoms with Gasteiger partial charge in [-0.05, 0) is 55.7 Å². The summed E-state index contributed by atoms with van der Waals surface area (Å²) >= 11 is 6.08. The van der Waals surface area contributed by atoms with Gasteiger partial charge >= 0.3 is 0 Å². The van der Waals surface area contributed by atoms with E-state index in [2.05, 4.69) is 22.3 Å². The maximum absolute atomic E-state index is 6.08. The first kappa shape index (κ1) is 10.6. The fourth-order valence-corrected chi connectivity index (χ4v) is 2.77. The van der Waals surface area contributed by atoms with Crippen molar-refractivity contribution >= 4 is 11.6 Å². The van der Waals surface area contributed by atoms with Gasteiger partial charge in [0, 0.05) is 17.6 Å². The molecule has 0 aliphatic carbocycles. The summed E-state index contributed by atoms with van der Waals surface area (Å²) < 4.78 is 0. The fourth-order valence-electron chi connectivity index (χ4n) is 2.59. The molecule has 2 aliphatic rings. The van der Waals surface area contributed by atoms with E-state index in [0.717, 1.165) is 24.5 Å². The van der Waals surface area contributed by atoms with Gasteiger partial charge in [-0.3, -0.25) is 0 Å². The summed E-state index contributed by atoms with van der Waals surface area (Å²) in [4.78, 5) is 2.51. The third-order valence-corrected chi connectivity index (χ3v) is 3.89. The molecule has 2 aliphatic heterocycles. The molecule has 3 rings (SSSR count). The number of hydrogen-bond donors (Lipinski definition) is 1. The van der Waals surface area contributed by atoms with Gasteiger partial charge in [0.2, 0.25) is 0 Å². The van der Waals surface area contributed by atoms with Crippen molar-refractivity contribution in [1.82, 2.24) is 10.2 Å². The molecule has 0 aromatic heterocycles. The van der Waals surface area contributed by atoms with Crippen LogP contribution in [-0.2, 0) is 6.42 Å². The zero-order valence-electron chi connectivity index (χ0n) is 9.38. The summed E-state index contributed by atoms with van der Waals surface area (Å²) in [7, 11) is 0. The molecule has 3 heteroatoms. The molecular formula is C13H17ClN2. The Bertz CT molecular complexity index is 388. The van der Waals surface area contributed by atoms with Crippen LogP contribution >= 0.6 is 11.6 Å². The van der Waals surface area contributed by atoms with Gasteiger partial charge in [0.25, 0.3) is 0 Å². The van der Waals surface area contributed by atoms with E-state index >= 15 is 0 Å². The molecule has 86 valence electrons. The molecule has 0 spiro atoms. The molecule has 0 radical (unpaired) electrons. The number of likely N-dealkylation sites (tertiary alicyclic amines) is 1. The predicted octanol–water partition coefficient (Wildman–Crippen LogP) is 2.23. The molecule has 0 saturated carbocycles. The topological polar surface area (TPSA) is 15.3 Å². The van der Waals surface area contributed by atoms with Crippen LogP contribution in [0.2, 0.25) is 5.02 Å². The molecule has 2 nitrogen and oxygen atoms in total. The van der Waals surface area contributed by atoms with Crippen molar-refractivity contribution in [2.24, 2.45) is 0 Å². The van der Waals surface area contributed by atoms with E-state index in [1.807, 2.05) is 6.07 Å². The van der Waals surface area contributed by atoms with Gasteiger partial charge in [-0.15, -0.1) is 0 Å². The Labute approximate surface area is 102 Å². The van der Waals surface area contributed by atoms with Gasteiger partial charge in [0.1, 0.15) is 0 Å². The van der Waals surface area contributed by atoms with Crippen molar-refractivity contribution in [2.45, 2.75) is 18.9 Å². The Kier molecular flexibility index (Phi) is 2.88. The van der Waals surface area contributed by atoms with Crippen LogP contribution in [0.4, 0.5) is 0 Å². The zero-order valence-corrected chi connectivity index (χ0v) is 10.1. The number of fused-ring (bicyclic) bond motifs is 1. The third kappa shape index (κ3) is 1.97. The van der Waals surface area contributed by atoms with Gasteiger partial charge in [0.15, 0.2) is 0 Å². The first-order valence-electron chi connectivity index (χ1n) is 6.07. The van der Waals surface area contributed by atoms with Crippen LogP contribution in [0.15, 0.2) is 18.2 Å². The van der Waals surface area contributed by atoms with Crippen molar-refractivity contribution in [3.8, 4) is 0 Å². The monoisotopic (exact) mass is 236 g/mol. The number of benzene rings is 1. The molecule has 1 aromatic rings. The summed E-state index contributed by atoms with van der Waals surface area (Å²) in [6.07, 6.45) is 2.48. The lowest BCUT2D eigenvalue weighted by Crippen LogP contribution is -2.44. The highest BCUT2D eigenvalue weighted by molar-refractivity contribution is 6.30. The Balaban J connectivity index is 1.83. The zero-order chi connectivity index (χ0) is 11.0. The maximum Gasteiger partial charge on any atom is 0.0452 e. The SMILES string of the molecule is Clc1ccc2c(c1)C(CN1CCC1)NCC2. The second-order valence-corrected chi connectivity index (χ2v) is 5.19. The molecule has 1 atom stereocenters. The molecular weight excluding hydrogens is 220 g/mol. The first-order valence-corrected chi connectivity index (χ1v) is 6.45. The largest absolute Gasteiger partial charge is 0.309 e. The number of nitrogens with zero attached hydrogens (tertiary/aromatic N) is 1. The standard InChI is InChI=1S/C13H17ClN2/c14-11-3-2-10-4-5-15-13(12(10)8-11)9-16-6-1-7-16/h2-3,8,13,15H,1,4-7,9H2. The third-order valence-electron chi connectivity index (χ3n) is 3.66. The van der Waals surface area contributed by atoms with Crippen LogP contribution < -0.4 is 5.32 Å². The number of hydrogen-bond acceptors (Lipinski definition) is 2. The van der Waals surface area contributed by atoms with E-state index < -0.39 is 0 Å². The predicted molar refractivity (Wildman–Crippen MR) is 67.0 cm³/mol. The lowest BCUT2D eigenvalue weighted by atomic mass is 9.93. The summed E-state index contributed by atoms with van der Waals surface area (Å²) in [5.74, 6) is 0. The van der Waals surface area contributed by atoms with Gasteiger partial charge in [-0.25, -0.2) is 0 Å². The Morgan fingerprint density at radius 3 is 3.00 bits per heavy atom. The normalized spacial score (nSPS) is 24.9. The smallest absolute Gasteiger partial charge is 0.0452 e. The Morgan fingerprint density at radius 2 is 2.25 bits per heavy atom. The van der Waals surface area contributed by atoms with E-state index in [9.17, 15) is 0 Å². The van der Waals surface area contributed by atoms with Crippen molar-refractivity contribution < 1.29 is 0 Å². The van der Waals surface area contributed by atoms with Gasteiger partial charge in [0.05, 0.1) is 0 Å². The number of halogens is 1. The summed E-state index contributed by atoms with van der Waals surface area (Å²) in [6, 6.07) is 6.80. The van der Waals surface area contributed by atoms with Gasteiger partial charge < -0.3 is 10.2 Å². The van der Waals surface area contributed by atoms with Crippen LogP contribution in [0.1, 0.15) is 23.6 Å². The van der Waals surface area contributed by atoms with E-state index in [1.165, 1.54) is 30.6 Å². The minimum atomic E-state index is 0.475. The van der Waals surface area contributed by atoms with E-state index in [4.69, 9.17) is 11.6 Å². The van der Waals surface area contributed by atoms with Crippen LogP contribution in [0.5, 0.6) is 0 Å². The van der Waals surface area contributed by atoms with Crippen molar-refractivity contribution in [3.05, 3.63) is 34.3 Å². The molecule has 1 aromatic carbocycles. The summed E-state index contributed by atoms with van der Waals surface area (Å²) in [6.45, 7) is 4.74. The molecule has 16 heavy (non-hydrogen) atoms. The van der Waals surface area contributed by atoms with Crippen molar-refractivity contribution in [1.29, 1.82) is 0 Å². The van der Waals surface area contributed by atoms with Gasteiger partial charge in [-0.2, -0.15) is 0 Å². The van der Waals surface area contributed by atoms with Crippen LogP contribution in [0, 0.1) is 0 Å². The van der Waals surface area contributed by atoms with Crippen LogP contribution in [0.3, 0.4) is 0 Å². The van der Waals surface area contributed by atoms with Crippen molar-refractivity contribution in [2.75, 3.05) is 26.2 Å². The molecule has 1 fully saturated rings. The second-order valence-electron chi connectivity index (χ2n) is 4.75. The molecule has 0 amide bonds. The average molecular weight is 237 g/mol. The Morgan fingerprint density at radius 1 is 1.38 bits per heavy atom. The van der Waals surface area contributed by atoms with Crippen LogP contribution in [0.25, 0.3) is 0 Å². The quantitative estimate of drug-likeness (QED) is 0.847. The minimum absolute atomic E-state index is 0.475. The lowest BCUT2D eigenvalue weighted by Gasteiger charge is -2.36. The van der Waals surface area contributed by atoms with Crippen molar-refractivity contribution in [3.63, 3.8) is 0 Å². The van der Waals surface area contributed by atoms with Gasteiger partial charge in [-0.1, -0.05) is 17.7 Å². The minimum Gasteiger partial charge on any atom is -0.309 e. The van der Waals surface area contributed by atoms with E-state index in [-0.39, 0.29) is 0 Å². The molecule has 0 bridgehead atoms. The number of rotatable bonds is 2. The first-order chi connectivity index (χ1) is 7.83. The second kappa shape index (κ2) is 4.36. The maximum atomic E-state index is 6.08. The Hall–Kier alpha value is -0.570. The highest BCUT2D eigenvalue weighted by Gasteiger charge is 2.24. The summed E-state index contributed by atoms with van der Waals surface area (Å²) in [5, 5.41) is 4.46. The molecule has 2 heterocycles. The van der Waals surface area contributed by atoms with E-state index in [0.29, 0.717) is 6.04 Å². The molecule has 1 saturated heterocycles. The van der Waals surface area contributed by atoms with Crippen LogP contribution in [-0.4, -0.2) is 31.1 Å².